The van der Waals surface area contributed by atoms with Gasteiger partial charge < -0.3 is 0 Å². The lowest BCUT2D eigenvalue weighted by Crippen LogP contribution is -2.41. The van der Waals surface area contributed by atoms with Crippen LogP contribution in [-0.2, 0) is 9.59 Å². The SMILES string of the molecule is CC1(C)CN2C(=O)CC(=O)N=C2C1(C)C. The summed E-state index contributed by atoms with van der Waals surface area (Å²) in [5.74, 6) is 0.231. The van der Waals surface area contributed by atoms with Crippen molar-refractivity contribution in [3.8, 4) is 0 Å². The maximum Gasteiger partial charge on any atom is 0.256 e. The van der Waals surface area contributed by atoms with Gasteiger partial charge in [-0.1, -0.05) is 27.7 Å². The summed E-state index contributed by atoms with van der Waals surface area (Å²) >= 11 is 0. The van der Waals surface area contributed by atoms with E-state index in [0.717, 1.165) is 0 Å². The zero-order valence-electron chi connectivity index (χ0n) is 9.63. The van der Waals surface area contributed by atoms with Gasteiger partial charge in [-0.15, -0.1) is 0 Å². The molecule has 0 spiro atoms. The molecule has 0 radical (unpaired) electrons. The van der Waals surface area contributed by atoms with Gasteiger partial charge in [0.2, 0.25) is 5.91 Å². The zero-order valence-corrected chi connectivity index (χ0v) is 9.63. The van der Waals surface area contributed by atoms with Gasteiger partial charge in [0.1, 0.15) is 12.3 Å². The molecule has 2 heterocycles. The minimum Gasteiger partial charge on any atom is -0.299 e. The summed E-state index contributed by atoms with van der Waals surface area (Å²) in [5.41, 5.74) is -0.259. The van der Waals surface area contributed by atoms with Crippen molar-refractivity contribution in [1.82, 2.24) is 4.90 Å². The van der Waals surface area contributed by atoms with Gasteiger partial charge in [-0.2, -0.15) is 4.99 Å². The van der Waals surface area contributed by atoms with Gasteiger partial charge in [0, 0.05) is 12.0 Å². The van der Waals surface area contributed by atoms with Crippen LogP contribution in [0.5, 0.6) is 0 Å². The number of hydrogen-bond donors (Lipinski definition) is 0. The molecule has 2 aliphatic rings. The molecule has 4 nitrogen and oxygen atoms in total. The van der Waals surface area contributed by atoms with Gasteiger partial charge in [-0.05, 0) is 5.41 Å². The van der Waals surface area contributed by atoms with E-state index in [2.05, 4.69) is 18.8 Å². The predicted octanol–water partition coefficient (Wildman–Crippen LogP) is 1.21. The van der Waals surface area contributed by atoms with Crippen LogP contribution in [-0.4, -0.2) is 29.1 Å². The van der Waals surface area contributed by atoms with Crippen LogP contribution in [0.2, 0.25) is 0 Å². The molecule has 2 amide bonds. The molecule has 2 aliphatic heterocycles. The Hall–Kier alpha value is -1.19. The van der Waals surface area contributed by atoms with Gasteiger partial charge >= 0.3 is 0 Å². The molecule has 4 heteroatoms. The molecule has 0 aromatic rings. The monoisotopic (exact) mass is 208 g/mol. The Labute approximate surface area is 89.4 Å². The first kappa shape index (κ1) is 10.3. The van der Waals surface area contributed by atoms with Crippen LogP contribution in [0.4, 0.5) is 0 Å². The average molecular weight is 208 g/mol. The van der Waals surface area contributed by atoms with E-state index in [9.17, 15) is 9.59 Å². The van der Waals surface area contributed by atoms with Crippen molar-refractivity contribution >= 4 is 17.6 Å². The maximum absolute atomic E-state index is 11.7. The molecule has 0 atom stereocenters. The number of fused-ring (bicyclic) bond motifs is 1. The van der Waals surface area contributed by atoms with E-state index in [1.54, 1.807) is 4.90 Å². The van der Waals surface area contributed by atoms with Crippen molar-refractivity contribution in [2.45, 2.75) is 34.1 Å². The first-order valence-electron chi connectivity index (χ1n) is 5.18. The Morgan fingerprint density at radius 3 is 2.40 bits per heavy atom. The molecule has 0 aromatic carbocycles. The minimum atomic E-state index is -0.308. The fourth-order valence-corrected chi connectivity index (χ4v) is 2.10. The first-order chi connectivity index (χ1) is 6.75. The Morgan fingerprint density at radius 1 is 1.20 bits per heavy atom. The lowest BCUT2D eigenvalue weighted by Gasteiger charge is -2.32. The number of aliphatic imine (C=N–C) groups is 1. The Kier molecular flexibility index (Phi) is 1.85. The highest BCUT2D eigenvalue weighted by molar-refractivity contribution is 6.16. The van der Waals surface area contributed by atoms with Gasteiger partial charge in [-0.3, -0.25) is 14.5 Å². The third-order valence-electron chi connectivity index (χ3n) is 3.89. The van der Waals surface area contributed by atoms with Crippen molar-refractivity contribution in [3.63, 3.8) is 0 Å². The van der Waals surface area contributed by atoms with Gasteiger partial charge in [0.25, 0.3) is 5.91 Å². The summed E-state index contributed by atoms with van der Waals surface area (Å²) in [6.07, 6.45) is -0.0738. The fraction of sp³-hybridized carbons (Fsp3) is 0.727. The lowest BCUT2D eigenvalue weighted by molar-refractivity contribution is -0.133. The quantitative estimate of drug-likeness (QED) is 0.562. The van der Waals surface area contributed by atoms with E-state index in [0.29, 0.717) is 12.4 Å². The third-order valence-corrected chi connectivity index (χ3v) is 3.89. The Morgan fingerprint density at radius 2 is 1.80 bits per heavy atom. The lowest BCUT2D eigenvalue weighted by atomic mass is 9.70. The van der Waals surface area contributed by atoms with Crippen LogP contribution < -0.4 is 0 Å². The van der Waals surface area contributed by atoms with E-state index in [1.807, 2.05) is 13.8 Å². The first-order valence-corrected chi connectivity index (χ1v) is 5.18. The fourth-order valence-electron chi connectivity index (χ4n) is 2.10. The minimum absolute atomic E-state index is 0.0356. The molecule has 0 aliphatic carbocycles. The molecule has 1 fully saturated rings. The van der Waals surface area contributed by atoms with E-state index in [4.69, 9.17) is 0 Å². The summed E-state index contributed by atoms with van der Waals surface area (Å²) in [6.45, 7) is 8.94. The second-order valence-electron chi connectivity index (χ2n) is 5.49. The third kappa shape index (κ3) is 1.24. The van der Waals surface area contributed by atoms with Crippen LogP contribution in [0, 0.1) is 10.8 Å². The van der Waals surface area contributed by atoms with E-state index in [-0.39, 0.29) is 29.1 Å². The Bertz CT molecular complexity index is 380. The van der Waals surface area contributed by atoms with Crippen LogP contribution in [0.1, 0.15) is 34.1 Å². The molecule has 82 valence electrons. The smallest absolute Gasteiger partial charge is 0.256 e. The largest absolute Gasteiger partial charge is 0.299 e. The molecule has 0 bridgehead atoms. The maximum atomic E-state index is 11.7. The van der Waals surface area contributed by atoms with E-state index in [1.165, 1.54) is 0 Å². The zero-order chi connectivity index (χ0) is 11.4. The van der Waals surface area contributed by atoms with Crippen LogP contribution in [0.25, 0.3) is 0 Å². The van der Waals surface area contributed by atoms with E-state index >= 15 is 0 Å². The van der Waals surface area contributed by atoms with Gasteiger partial charge in [-0.25, -0.2) is 0 Å². The summed E-state index contributed by atoms with van der Waals surface area (Å²) in [7, 11) is 0. The van der Waals surface area contributed by atoms with Crippen LogP contribution in [0.3, 0.4) is 0 Å². The highest BCUT2D eigenvalue weighted by Crippen LogP contribution is 2.47. The molecular weight excluding hydrogens is 192 g/mol. The highest BCUT2D eigenvalue weighted by Gasteiger charge is 2.54. The standard InChI is InChI=1S/C11H16N2O2/c1-10(2)6-13-8(15)5-7(14)12-9(13)11(10,3)4/h5-6H2,1-4H3. The van der Waals surface area contributed by atoms with Crippen molar-refractivity contribution in [2.75, 3.05) is 6.54 Å². The summed E-state index contributed by atoms with van der Waals surface area (Å²) in [5, 5.41) is 0. The molecule has 0 aromatic heterocycles. The summed E-state index contributed by atoms with van der Waals surface area (Å²) in [6, 6.07) is 0. The van der Waals surface area contributed by atoms with Crippen molar-refractivity contribution in [3.05, 3.63) is 0 Å². The summed E-state index contributed by atoms with van der Waals surface area (Å²) < 4.78 is 0. The number of hydrogen-bond acceptors (Lipinski definition) is 2. The molecule has 15 heavy (non-hydrogen) atoms. The summed E-state index contributed by atoms with van der Waals surface area (Å²) in [4.78, 5) is 28.7. The van der Waals surface area contributed by atoms with Crippen LogP contribution in [0.15, 0.2) is 4.99 Å². The van der Waals surface area contributed by atoms with Crippen molar-refractivity contribution in [2.24, 2.45) is 15.8 Å². The number of nitrogens with zero attached hydrogens (tertiary/aromatic N) is 2. The molecule has 0 unspecified atom stereocenters. The molecule has 0 saturated carbocycles. The van der Waals surface area contributed by atoms with Crippen molar-refractivity contribution in [1.29, 1.82) is 0 Å². The second-order valence-corrected chi connectivity index (χ2v) is 5.49. The number of amidine groups is 1. The number of carbonyl (C=O) groups excluding carboxylic acids is 2. The van der Waals surface area contributed by atoms with Crippen LogP contribution >= 0.6 is 0 Å². The van der Waals surface area contributed by atoms with Gasteiger partial charge in [0.15, 0.2) is 0 Å². The molecular formula is C11H16N2O2. The molecule has 1 saturated heterocycles. The second kappa shape index (κ2) is 2.68. The number of carbonyl (C=O) groups is 2. The average Bonchev–Trinajstić information content (AvgIpc) is 2.24. The normalized spacial score (nSPS) is 27.7. The van der Waals surface area contributed by atoms with Crippen molar-refractivity contribution < 1.29 is 9.59 Å². The highest BCUT2D eigenvalue weighted by atomic mass is 16.2. The number of amides is 2. The molecule has 0 N–H and O–H groups in total. The topological polar surface area (TPSA) is 49.7 Å². The molecule has 2 rings (SSSR count). The van der Waals surface area contributed by atoms with Gasteiger partial charge in [0.05, 0.1) is 0 Å². The predicted molar refractivity (Wildman–Crippen MR) is 56.3 cm³/mol. The Balaban J connectivity index is 2.53. The number of rotatable bonds is 0. The van der Waals surface area contributed by atoms with E-state index < -0.39 is 0 Å².